The lowest BCUT2D eigenvalue weighted by Gasteiger charge is -2.32. The minimum absolute atomic E-state index is 0.0296. The van der Waals surface area contributed by atoms with Gasteiger partial charge < -0.3 is 15.2 Å². The third kappa shape index (κ3) is 4.92. The summed E-state index contributed by atoms with van der Waals surface area (Å²) in [6, 6.07) is 6.09. The molecule has 0 saturated carbocycles. The Morgan fingerprint density at radius 2 is 1.65 bits per heavy atom. The van der Waals surface area contributed by atoms with E-state index >= 15 is 0 Å². The molecule has 26 heavy (non-hydrogen) atoms. The zero-order chi connectivity index (χ0) is 19.5. The van der Waals surface area contributed by atoms with Gasteiger partial charge in [0.15, 0.2) is 0 Å². The largest absolute Gasteiger partial charge is 0.550 e. The molecule has 0 aliphatic heterocycles. The molecule has 8 heteroatoms. The van der Waals surface area contributed by atoms with E-state index in [9.17, 15) is 23.1 Å². The summed E-state index contributed by atoms with van der Waals surface area (Å²) in [4.78, 5) is 23.8. The smallest absolute Gasteiger partial charge is 0.238 e. The van der Waals surface area contributed by atoms with Gasteiger partial charge in [-0.3, -0.25) is 4.79 Å². The monoisotopic (exact) mass is 379 g/mol. The number of carboxylic acid groups (broad SMARTS) is 1. The molecule has 1 aliphatic carbocycles. The number of carboxylic acids is 1. The highest BCUT2D eigenvalue weighted by Gasteiger charge is 2.33. The lowest BCUT2D eigenvalue weighted by atomic mass is 9.76. The molecule has 0 heterocycles. The van der Waals surface area contributed by atoms with Crippen molar-refractivity contribution in [1.29, 1.82) is 0 Å². The number of carbonyl (C=O) groups excluding carboxylic acids is 2. The lowest BCUT2D eigenvalue weighted by molar-refractivity contribution is -0.313. The van der Waals surface area contributed by atoms with Crippen molar-refractivity contribution in [2.45, 2.75) is 38.0 Å². The predicted molar refractivity (Wildman–Crippen MR) is 94.1 cm³/mol. The number of carbonyl (C=O) groups is 2. The topological polar surface area (TPSA) is 129 Å². The Kier molecular flexibility index (Phi) is 6.20. The van der Waals surface area contributed by atoms with Crippen molar-refractivity contribution in [1.82, 2.24) is 5.32 Å². The second kappa shape index (κ2) is 8.01. The molecule has 0 bridgehead atoms. The summed E-state index contributed by atoms with van der Waals surface area (Å²) in [5.41, 5.74) is 2.88. The van der Waals surface area contributed by atoms with Crippen LogP contribution in [-0.2, 0) is 26.0 Å². The summed E-state index contributed by atoms with van der Waals surface area (Å²) >= 11 is 0. The van der Waals surface area contributed by atoms with Crippen LogP contribution in [0.4, 0.5) is 0 Å². The molecule has 142 valence electrons. The molecule has 0 unspecified atom stereocenters. The van der Waals surface area contributed by atoms with E-state index in [1.54, 1.807) is 12.1 Å². The highest BCUT2D eigenvalue weighted by Crippen LogP contribution is 2.33. The molecule has 0 radical (unpaired) electrons. The number of hydrogen-bond donors (Lipinski definition) is 2. The van der Waals surface area contributed by atoms with Crippen LogP contribution >= 0.6 is 0 Å². The highest BCUT2D eigenvalue weighted by molar-refractivity contribution is 7.89. The number of nitrogens with two attached hydrogens (primary N) is 1. The summed E-state index contributed by atoms with van der Waals surface area (Å²) in [6.07, 6.45) is 1.24. The number of nitrogens with one attached hydrogen (secondary N) is 1. The first-order chi connectivity index (χ1) is 12.1. The summed E-state index contributed by atoms with van der Waals surface area (Å²) in [5, 5.41) is 19.2. The Morgan fingerprint density at radius 1 is 1.12 bits per heavy atom. The van der Waals surface area contributed by atoms with Gasteiger partial charge in [-0.25, -0.2) is 13.6 Å². The fourth-order valence-corrected chi connectivity index (χ4v) is 3.64. The van der Waals surface area contributed by atoms with Crippen molar-refractivity contribution in [3.05, 3.63) is 41.0 Å². The average Bonchev–Trinajstić information content (AvgIpc) is 2.56. The van der Waals surface area contributed by atoms with E-state index in [0.717, 1.165) is 16.7 Å². The van der Waals surface area contributed by atoms with Gasteiger partial charge in [0, 0.05) is 24.3 Å². The van der Waals surface area contributed by atoms with Crippen molar-refractivity contribution in [3.63, 3.8) is 0 Å². The molecule has 2 atom stereocenters. The quantitative estimate of drug-likeness (QED) is 0.678. The third-order valence-electron chi connectivity index (χ3n) is 4.87. The molecular formula is C18H23N2O5S-. The number of hydrogen-bond acceptors (Lipinski definition) is 5. The van der Waals surface area contributed by atoms with Gasteiger partial charge in [-0.1, -0.05) is 23.3 Å². The maximum atomic E-state index is 12.4. The van der Waals surface area contributed by atoms with Gasteiger partial charge in [-0.15, -0.1) is 0 Å². The van der Waals surface area contributed by atoms with Crippen molar-refractivity contribution < 1.29 is 23.1 Å². The van der Waals surface area contributed by atoms with Crippen LogP contribution in [-0.4, -0.2) is 26.8 Å². The lowest BCUT2D eigenvalue weighted by Crippen LogP contribution is -2.45. The number of aliphatic carboxylic acids is 1. The fraction of sp³-hybridized carbons (Fsp3) is 0.444. The fourth-order valence-electron chi connectivity index (χ4n) is 3.12. The summed E-state index contributed by atoms with van der Waals surface area (Å²) in [5.74, 6) is -2.94. The van der Waals surface area contributed by atoms with Crippen LogP contribution in [0, 0.1) is 11.8 Å². The highest BCUT2D eigenvalue weighted by atomic mass is 32.2. The molecule has 0 fully saturated rings. The van der Waals surface area contributed by atoms with Crippen LogP contribution in [0.1, 0.15) is 32.3 Å². The maximum Gasteiger partial charge on any atom is 0.238 e. The van der Waals surface area contributed by atoms with E-state index in [1.165, 1.54) is 12.1 Å². The number of sulfonamides is 1. The zero-order valence-electron chi connectivity index (χ0n) is 14.8. The Morgan fingerprint density at radius 3 is 2.15 bits per heavy atom. The molecule has 1 aliphatic rings. The van der Waals surface area contributed by atoms with Crippen LogP contribution in [0.5, 0.6) is 0 Å². The molecule has 2 rings (SSSR count). The molecular weight excluding hydrogens is 356 g/mol. The van der Waals surface area contributed by atoms with Gasteiger partial charge >= 0.3 is 0 Å². The molecule has 1 amide bonds. The maximum absolute atomic E-state index is 12.4. The van der Waals surface area contributed by atoms with Crippen molar-refractivity contribution in [2.75, 3.05) is 6.54 Å². The molecule has 0 saturated heterocycles. The first-order valence-electron chi connectivity index (χ1n) is 8.35. The molecule has 3 N–H and O–H groups in total. The van der Waals surface area contributed by atoms with E-state index in [0.29, 0.717) is 25.8 Å². The van der Waals surface area contributed by atoms with Gasteiger partial charge in [0.1, 0.15) is 0 Å². The third-order valence-corrected chi connectivity index (χ3v) is 5.80. The summed E-state index contributed by atoms with van der Waals surface area (Å²) in [7, 11) is -3.73. The summed E-state index contributed by atoms with van der Waals surface area (Å²) in [6.45, 7) is 4.12. The molecule has 7 nitrogen and oxygen atoms in total. The second-order valence-electron chi connectivity index (χ2n) is 6.73. The van der Waals surface area contributed by atoms with Crippen molar-refractivity contribution in [2.24, 2.45) is 17.0 Å². The van der Waals surface area contributed by atoms with Crippen LogP contribution in [0.15, 0.2) is 40.3 Å². The predicted octanol–water partition coefficient (Wildman–Crippen LogP) is 0.105. The van der Waals surface area contributed by atoms with Crippen LogP contribution in [0.25, 0.3) is 0 Å². The van der Waals surface area contributed by atoms with Crippen molar-refractivity contribution >= 4 is 21.9 Å². The van der Waals surface area contributed by atoms with Crippen LogP contribution in [0.2, 0.25) is 0 Å². The average molecular weight is 379 g/mol. The van der Waals surface area contributed by atoms with Gasteiger partial charge in [-0.2, -0.15) is 0 Å². The number of benzene rings is 1. The Hall–Kier alpha value is -2.19. The Labute approximate surface area is 153 Å². The van der Waals surface area contributed by atoms with Gasteiger partial charge in [-0.05, 0) is 50.8 Å². The van der Waals surface area contributed by atoms with Gasteiger partial charge in [0.05, 0.1) is 4.90 Å². The molecule has 1 aromatic carbocycles. The molecule has 0 spiro atoms. The molecule has 0 aromatic heterocycles. The Balaban J connectivity index is 1.94. The Bertz CT molecular complexity index is 828. The number of allylic oxidation sites excluding steroid dienone is 2. The van der Waals surface area contributed by atoms with Crippen LogP contribution in [0.3, 0.4) is 0 Å². The van der Waals surface area contributed by atoms with Gasteiger partial charge in [0.25, 0.3) is 0 Å². The van der Waals surface area contributed by atoms with E-state index in [2.05, 4.69) is 5.32 Å². The number of rotatable bonds is 6. The van der Waals surface area contributed by atoms with E-state index < -0.39 is 27.8 Å². The van der Waals surface area contributed by atoms with E-state index in [4.69, 9.17) is 5.14 Å². The number of primary sulfonamides is 1. The van der Waals surface area contributed by atoms with Crippen LogP contribution < -0.4 is 15.6 Å². The minimum atomic E-state index is -3.73. The van der Waals surface area contributed by atoms with Crippen molar-refractivity contribution in [3.8, 4) is 0 Å². The standard InChI is InChI=1S/C18H24N2O5S/c1-11-9-15(16(18(22)23)10-12(11)2)17(21)20-8-7-13-3-5-14(6-4-13)26(19,24)25/h3-6,15-16H,7-10H2,1-2H3,(H,20,21)(H,22,23)(H2,19,24,25)/p-1/t15-,16-/m1/s1. The number of amides is 1. The normalized spacial score (nSPS) is 20.7. The zero-order valence-corrected chi connectivity index (χ0v) is 15.6. The SMILES string of the molecule is CC1=C(C)C[C@@H](C(=O)NCCc2ccc(S(N)(=O)=O)cc2)[C@H](C(=O)[O-])C1. The second-order valence-corrected chi connectivity index (χ2v) is 8.29. The summed E-state index contributed by atoms with van der Waals surface area (Å²) < 4.78 is 22.4. The van der Waals surface area contributed by atoms with E-state index in [-0.39, 0.29) is 10.8 Å². The first-order valence-corrected chi connectivity index (χ1v) is 9.89. The van der Waals surface area contributed by atoms with Gasteiger partial charge in [0.2, 0.25) is 15.9 Å². The minimum Gasteiger partial charge on any atom is -0.550 e. The first kappa shape index (κ1) is 20.1. The van der Waals surface area contributed by atoms with E-state index in [1.807, 2.05) is 13.8 Å². The molecule has 1 aromatic rings.